The highest BCUT2D eigenvalue weighted by atomic mass is 127. The van der Waals surface area contributed by atoms with Crippen LogP contribution in [0.25, 0.3) is 0 Å². The maximum Gasteiger partial charge on any atom is 0.343 e. The van der Waals surface area contributed by atoms with Crippen LogP contribution in [0.4, 0.5) is 0 Å². The van der Waals surface area contributed by atoms with Crippen molar-refractivity contribution in [2.45, 2.75) is 4.90 Å². The number of rotatable bonds is 8. The summed E-state index contributed by atoms with van der Waals surface area (Å²) in [5.41, 5.74) is 3.30. The van der Waals surface area contributed by atoms with Crippen LogP contribution in [0.5, 0.6) is 5.75 Å². The lowest BCUT2D eigenvalue weighted by atomic mass is 10.2. The Kier molecular flexibility index (Phi) is 9.82. The fraction of sp³-hybridized carbons (Fsp3) is 0.167. The van der Waals surface area contributed by atoms with Crippen molar-refractivity contribution in [3.05, 3.63) is 54.1 Å². The number of benzene rings is 2. The van der Waals surface area contributed by atoms with E-state index in [1.54, 1.807) is 18.3 Å². The SMILES string of the molecule is COC(=O)COc1c(I)cc(/C=N\NC(=O)CSc2ccc(Cl)cc2)cc1I. The number of hydrogen-bond acceptors (Lipinski definition) is 6. The number of nitrogens with zero attached hydrogens (tertiary/aromatic N) is 1. The first-order valence-electron chi connectivity index (χ1n) is 7.78. The molecule has 10 heteroatoms. The van der Waals surface area contributed by atoms with Gasteiger partial charge in [0.1, 0.15) is 5.75 Å². The van der Waals surface area contributed by atoms with Gasteiger partial charge in [0.05, 0.1) is 26.2 Å². The maximum atomic E-state index is 11.9. The molecule has 0 saturated carbocycles. The van der Waals surface area contributed by atoms with Gasteiger partial charge < -0.3 is 9.47 Å². The number of carbonyl (C=O) groups excluding carboxylic acids is 2. The predicted octanol–water partition coefficient (Wildman–Crippen LogP) is 4.34. The highest BCUT2D eigenvalue weighted by Crippen LogP contribution is 2.28. The van der Waals surface area contributed by atoms with Gasteiger partial charge in [-0.1, -0.05) is 11.6 Å². The zero-order chi connectivity index (χ0) is 20.5. The first-order chi connectivity index (χ1) is 13.4. The molecule has 148 valence electrons. The van der Waals surface area contributed by atoms with E-state index >= 15 is 0 Å². The zero-order valence-electron chi connectivity index (χ0n) is 14.6. The average molecular weight is 645 g/mol. The van der Waals surface area contributed by atoms with E-state index in [2.05, 4.69) is 60.4 Å². The van der Waals surface area contributed by atoms with E-state index in [0.29, 0.717) is 10.8 Å². The lowest BCUT2D eigenvalue weighted by Crippen LogP contribution is -2.19. The number of esters is 1. The molecule has 1 amide bonds. The quantitative estimate of drug-likeness (QED) is 0.152. The minimum absolute atomic E-state index is 0.155. The van der Waals surface area contributed by atoms with E-state index < -0.39 is 5.97 Å². The normalized spacial score (nSPS) is 10.7. The minimum Gasteiger partial charge on any atom is -0.480 e. The molecule has 0 heterocycles. The molecule has 28 heavy (non-hydrogen) atoms. The summed E-state index contributed by atoms with van der Waals surface area (Å²) in [6, 6.07) is 11.0. The van der Waals surface area contributed by atoms with Crippen molar-refractivity contribution < 1.29 is 19.1 Å². The lowest BCUT2D eigenvalue weighted by Gasteiger charge is -2.10. The fourth-order valence-corrected chi connectivity index (χ4v) is 4.82. The van der Waals surface area contributed by atoms with Gasteiger partial charge in [0, 0.05) is 9.92 Å². The Morgan fingerprint density at radius 1 is 1.21 bits per heavy atom. The van der Waals surface area contributed by atoms with E-state index in [4.69, 9.17) is 16.3 Å². The summed E-state index contributed by atoms with van der Waals surface area (Å²) >= 11 is 11.5. The molecule has 0 unspecified atom stereocenters. The molecular formula is C18H15ClI2N2O4S. The van der Waals surface area contributed by atoms with Crippen molar-refractivity contribution in [1.29, 1.82) is 0 Å². The molecule has 6 nitrogen and oxygen atoms in total. The molecule has 0 aromatic heterocycles. The Labute approximate surface area is 199 Å². The molecule has 0 radical (unpaired) electrons. The van der Waals surface area contributed by atoms with Gasteiger partial charge in [0.2, 0.25) is 5.91 Å². The maximum absolute atomic E-state index is 11.9. The minimum atomic E-state index is -0.448. The van der Waals surface area contributed by atoms with Crippen molar-refractivity contribution in [2.24, 2.45) is 5.10 Å². The van der Waals surface area contributed by atoms with Crippen molar-refractivity contribution in [3.8, 4) is 5.75 Å². The molecular weight excluding hydrogens is 630 g/mol. The molecule has 0 spiro atoms. The molecule has 2 aromatic carbocycles. The molecule has 0 bridgehead atoms. The Bertz CT molecular complexity index is 855. The predicted molar refractivity (Wildman–Crippen MR) is 127 cm³/mol. The number of ether oxygens (including phenoxy) is 2. The average Bonchev–Trinajstić information content (AvgIpc) is 2.66. The molecule has 0 aliphatic heterocycles. The largest absolute Gasteiger partial charge is 0.480 e. The third-order valence-electron chi connectivity index (χ3n) is 3.17. The van der Waals surface area contributed by atoms with Crippen LogP contribution in [0.2, 0.25) is 5.02 Å². The Balaban J connectivity index is 1.88. The highest BCUT2D eigenvalue weighted by molar-refractivity contribution is 14.1. The van der Waals surface area contributed by atoms with Gasteiger partial charge in [-0.05, 0) is 87.1 Å². The first-order valence-corrected chi connectivity index (χ1v) is 11.3. The van der Waals surface area contributed by atoms with E-state index in [1.807, 2.05) is 24.3 Å². The van der Waals surface area contributed by atoms with Crippen molar-refractivity contribution in [1.82, 2.24) is 5.43 Å². The molecule has 0 atom stereocenters. The molecule has 0 saturated heterocycles. The van der Waals surface area contributed by atoms with Gasteiger partial charge in [0.15, 0.2) is 6.61 Å². The Hall–Kier alpha value is -1.05. The van der Waals surface area contributed by atoms with Gasteiger partial charge in [-0.25, -0.2) is 10.2 Å². The number of carbonyl (C=O) groups is 2. The van der Waals surface area contributed by atoms with Gasteiger partial charge in [0.25, 0.3) is 0 Å². The second-order valence-electron chi connectivity index (χ2n) is 5.21. The van der Waals surface area contributed by atoms with E-state index in [1.165, 1.54) is 18.9 Å². The van der Waals surface area contributed by atoms with Gasteiger partial charge in [-0.2, -0.15) is 5.10 Å². The summed E-state index contributed by atoms with van der Waals surface area (Å²) in [5, 5.41) is 4.64. The number of hydrazone groups is 1. The smallest absolute Gasteiger partial charge is 0.343 e. The fourth-order valence-electron chi connectivity index (χ4n) is 1.87. The van der Waals surface area contributed by atoms with Gasteiger partial charge in [-0.3, -0.25) is 4.79 Å². The van der Waals surface area contributed by atoms with E-state index in [-0.39, 0.29) is 18.3 Å². The highest BCUT2D eigenvalue weighted by Gasteiger charge is 2.11. The van der Waals surface area contributed by atoms with Crippen LogP contribution in [-0.4, -0.2) is 37.6 Å². The van der Waals surface area contributed by atoms with E-state index in [9.17, 15) is 9.59 Å². The lowest BCUT2D eigenvalue weighted by molar-refractivity contribution is -0.142. The van der Waals surface area contributed by atoms with Crippen LogP contribution in [0, 0.1) is 7.14 Å². The first kappa shape index (κ1) is 23.2. The summed E-state index contributed by atoms with van der Waals surface area (Å²) in [7, 11) is 1.31. The second kappa shape index (κ2) is 11.8. The van der Waals surface area contributed by atoms with Crippen molar-refractivity contribution in [2.75, 3.05) is 19.5 Å². The van der Waals surface area contributed by atoms with Crippen molar-refractivity contribution in [3.63, 3.8) is 0 Å². The number of hydrogen-bond donors (Lipinski definition) is 1. The third kappa shape index (κ3) is 7.76. The summed E-state index contributed by atoms with van der Waals surface area (Å²) in [6.45, 7) is -0.155. The molecule has 0 fully saturated rings. The van der Waals surface area contributed by atoms with Crippen LogP contribution in [-0.2, 0) is 14.3 Å². The van der Waals surface area contributed by atoms with Gasteiger partial charge >= 0.3 is 5.97 Å². The van der Waals surface area contributed by atoms with E-state index in [0.717, 1.165) is 17.6 Å². The summed E-state index contributed by atoms with van der Waals surface area (Å²) in [6.07, 6.45) is 1.55. The molecule has 2 aromatic rings. The number of nitrogens with one attached hydrogen (secondary N) is 1. The van der Waals surface area contributed by atoms with Crippen LogP contribution in [0.1, 0.15) is 5.56 Å². The van der Waals surface area contributed by atoms with Crippen LogP contribution in [0.15, 0.2) is 46.4 Å². The Morgan fingerprint density at radius 3 is 2.46 bits per heavy atom. The number of methoxy groups -OCH3 is 1. The van der Waals surface area contributed by atoms with Crippen molar-refractivity contribution >= 4 is 86.6 Å². The number of halogens is 3. The van der Waals surface area contributed by atoms with Crippen LogP contribution in [0.3, 0.4) is 0 Å². The topological polar surface area (TPSA) is 77.0 Å². The summed E-state index contributed by atoms with van der Waals surface area (Å²) in [5.74, 6) is 0.191. The molecule has 0 aliphatic carbocycles. The molecule has 0 aliphatic rings. The number of amides is 1. The third-order valence-corrected chi connectivity index (χ3v) is 6.04. The van der Waals surface area contributed by atoms with Crippen LogP contribution < -0.4 is 10.2 Å². The molecule has 2 rings (SSSR count). The monoisotopic (exact) mass is 644 g/mol. The zero-order valence-corrected chi connectivity index (χ0v) is 20.5. The second-order valence-corrected chi connectivity index (χ2v) is 9.02. The summed E-state index contributed by atoms with van der Waals surface area (Å²) < 4.78 is 11.7. The molecule has 1 N–H and O–H groups in total. The number of thioether (sulfide) groups is 1. The Morgan fingerprint density at radius 2 is 1.86 bits per heavy atom. The summed E-state index contributed by atoms with van der Waals surface area (Å²) in [4.78, 5) is 24.1. The van der Waals surface area contributed by atoms with Gasteiger partial charge in [-0.15, -0.1) is 11.8 Å². The van der Waals surface area contributed by atoms with Crippen LogP contribution >= 0.6 is 68.5 Å². The standard InChI is InChI=1S/C18H15ClI2N2O4S/c1-26-17(25)9-27-18-14(20)6-11(7-15(18)21)8-22-23-16(24)10-28-13-4-2-12(19)3-5-13/h2-8H,9-10H2,1H3,(H,23,24)/b22-8-.